The maximum Gasteiger partial charge on any atom is 0.257 e. The van der Waals surface area contributed by atoms with Gasteiger partial charge in [0, 0.05) is 50.3 Å². The van der Waals surface area contributed by atoms with Crippen LogP contribution in [0.25, 0.3) is 0 Å². The molecule has 6 heteroatoms. The molecule has 1 fully saturated rings. The van der Waals surface area contributed by atoms with Crippen molar-refractivity contribution in [2.45, 2.75) is 20.4 Å². The first-order valence-electron chi connectivity index (χ1n) is 8.49. The molecule has 0 aliphatic carbocycles. The van der Waals surface area contributed by atoms with Gasteiger partial charge in [0.25, 0.3) is 5.91 Å². The number of aromatic nitrogens is 1. The summed E-state index contributed by atoms with van der Waals surface area (Å²) in [5.41, 5.74) is 3.61. The zero-order valence-electron chi connectivity index (χ0n) is 14.6. The topological polar surface area (TPSA) is 57.3 Å². The summed E-state index contributed by atoms with van der Waals surface area (Å²) in [7, 11) is 0. The van der Waals surface area contributed by atoms with E-state index in [1.807, 2.05) is 13.8 Å². The number of carbonyl (C=O) groups is 1. The van der Waals surface area contributed by atoms with Crippen LogP contribution >= 0.6 is 0 Å². The molecule has 1 aromatic carbocycles. The summed E-state index contributed by atoms with van der Waals surface area (Å²) in [6.07, 6.45) is 1.53. The molecular formula is C19H23FN4O. The Morgan fingerprint density at radius 3 is 2.72 bits per heavy atom. The lowest BCUT2D eigenvalue weighted by Gasteiger charge is -2.28. The van der Waals surface area contributed by atoms with Crippen LogP contribution in [0, 0.1) is 19.7 Å². The highest BCUT2D eigenvalue weighted by Crippen LogP contribution is 2.23. The summed E-state index contributed by atoms with van der Waals surface area (Å²) in [6.45, 7) is 8.22. The summed E-state index contributed by atoms with van der Waals surface area (Å²) < 4.78 is 14.1. The molecule has 2 N–H and O–H groups in total. The van der Waals surface area contributed by atoms with Gasteiger partial charge < -0.3 is 10.6 Å². The summed E-state index contributed by atoms with van der Waals surface area (Å²) in [4.78, 5) is 18.8. The summed E-state index contributed by atoms with van der Waals surface area (Å²) >= 11 is 0. The number of halogens is 1. The van der Waals surface area contributed by atoms with E-state index in [1.54, 1.807) is 18.2 Å². The summed E-state index contributed by atoms with van der Waals surface area (Å²) in [5, 5.41) is 6.12. The quantitative estimate of drug-likeness (QED) is 0.896. The molecule has 0 spiro atoms. The Morgan fingerprint density at radius 2 is 2.04 bits per heavy atom. The van der Waals surface area contributed by atoms with E-state index in [0.29, 0.717) is 17.8 Å². The number of anilines is 1. The molecule has 1 amide bonds. The fourth-order valence-electron chi connectivity index (χ4n) is 2.94. The number of rotatable bonds is 4. The van der Waals surface area contributed by atoms with Crippen molar-refractivity contribution in [2.24, 2.45) is 0 Å². The van der Waals surface area contributed by atoms with E-state index in [-0.39, 0.29) is 11.7 Å². The van der Waals surface area contributed by atoms with Gasteiger partial charge in [-0.05, 0) is 49.2 Å². The molecule has 0 atom stereocenters. The first-order valence-corrected chi connectivity index (χ1v) is 8.49. The Kier molecular flexibility index (Phi) is 5.40. The zero-order chi connectivity index (χ0) is 17.8. The molecule has 1 aromatic heterocycles. The third-order valence-corrected chi connectivity index (χ3v) is 4.51. The van der Waals surface area contributed by atoms with Gasteiger partial charge in [-0.25, -0.2) is 4.39 Å². The molecule has 0 radical (unpaired) electrons. The van der Waals surface area contributed by atoms with Crippen molar-refractivity contribution in [1.29, 1.82) is 0 Å². The molecule has 0 bridgehead atoms. The lowest BCUT2D eigenvalue weighted by atomic mass is 10.0. The molecule has 1 saturated heterocycles. The fraction of sp³-hybridized carbons (Fsp3) is 0.368. The van der Waals surface area contributed by atoms with E-state index in [2.05, 4.69) is 20.5 Å². The van der Waals surface area contributed by atoms with Crippen LogP contribution in [0.2, 0.25) is 0 Å². The number of nitrogens with zero attached hydrogens (tertiary/aromatic N) is 2. The molecule has 1 aliphatic rings. The van der Waals surface area contributed by atoms with Crippen LogP contribution in [0.1, 0.15) is 27.2 Å². The zero-order valence-corrected chi connectivity index (χ0v) is 14.6. The van der Waals surface area contributed by atoms with Crippen LogP contribution < -0.4 is 10.6 Å². The fourth-order valence-corrected chi connectivity index (χ4v) is 2.94. The van der Waals surface area contributed by atoms with Crippen molar-refractivity contribution in [3.8, 4) is 0 Å². The van der Waals surface area contributed by atoms with E-state index in [4.69, 9.17) is 0 Å². The van der Waals surface area contributed by atoms with E-state index in [0.717, 1.165) is 43.0 Å². The standard InChI is InChI=1S/C19H23FN4O/c1-13-3-4-15(11-22-13)19(25)23-18-10-17(20)9-16(14(18)2)12-24-7-5-21-6-8-24/h3-4,9-11,21H,5-8,12H2,1-2H3,(H,23,25). The first-order chi connectivity index (χ1) is 12.0. The maximum atomic E-state index is 14.1. The van der Waals surface area contributed by atoms with Crippen molar-refractivity contribution in [1.82, 2.24) is 15.2 Å². The number of pyridine rings is 1. The van der Waals surface area contributed by atoms with Crippen molar-refractivity contribution in [3.05, 3.63) is 58.7 Å². The highest BCUT2D eigenvalue weighted by Gasteiger charge is 2.15. The second kappa shape index (κ2) is 7.72. The monoisotopic (exact) mass is 342 g/mol. The minimum absolute atomic E-state index is 0.283. The second-order valence-electron chi connectivity index (χ2n) is 6.41. The van der Waals surface area contributed by atoms with Crippen molar-refractivity contribution < 1.29 is 9.18 Å². The number of hydrogen-bond acceptors (Lipinski definition) is 4. The van der Waals surface area contributed by atoms with E-state index < -0.39 is 0 Å². The van der Waals surface area contributed by atoms with E-state index in [1.165, 1.54) is 12.3 Å². The number of carbonyl (C=O) groups excluding carboxylic acids is 1. The smallest absolute Gasteiger partial charge is 0.257 e. The Morgan fingerprint density at radius 1 is 1.28 bits per heavy atom. The Balaban J connectivity index is 1.78. The van der Waals surface area contributed by atoms with Gasteiger partial charge >= 0.3 is 0 Å². The number of aryl methyl sites for hydroxylation is 1. The molecule has 2 aromatic rings. The van der Waals surface area contributed by atoms with Gasteiger partial charge in [-0.2, -0.15) is 0 Å². The van der Waals surface area contributed by atoms with Crippen LogP contribution in [0.5, 0.6) is 0 Å². The number of hydrogen-bond donors (Lipinski definition) is 2. The Bertz CT molecular complexity index is 755. The molecule has 0 saturated carbocycles. The highest BCUT2D eigenvalue weighted by atomic mass is 19.1. The molecule has 25 heavy (non-hydrogen) atoms. The van der Waals surface area contributed by atoms with Crippen molar-refractivity contribution in [2.75, 3.05) is 31.5 Å². The summed E-state index contributed by atoms with van der Waals surface area (Å²) in [5.74, 6) is -0.623. The van der Waals surface area contributed by atoms with Gasteiger partial charge in [0.15, 0.2) is 0 Å². The molecule has 0 unspecified atom stereocenters. The number of benzene rings is 1. The lowest BCUT2D eigenvalue weighted by molar-refractivity contribution is 0.102. The van der Waals surface area contributed by atoms with Gasteiger partial charge in [-0.3, -0.25) is 14.7 Å². The minimum Gasteiger partial charge on any atom is -0.322 e. The molecule has 1 aliphatic heterocycles. The predicted octanol–water partition coefficient (Wildman–Crippen LogP) is 2.50. The largest absolute Gasteiger partial charge is 0.322 e. The molecular weight excluding hydrogens is 319 g/mol. The first kappa shape index (κ1) is 17.5. The van der Waals surface area contributed by atoms with Crippen LogP contribution in [-0.2, 0) is 6.54 Å². The minimum atomic E-state index is -0.340. The van der Waals surface area contributed by atoms with Gasteiger partial charge in [-0.15, -0.1) is 0 Å². The van der Waals surface area contributed by atoms with Crippen molar-refractivity contribution in [3.63, 3.8) is 0 Å². The third-order valence-electron chi connectivity index (χ3n) is 4.51. The van der Waals surface area contributed by atoms with Crippen LogP contribution in [0.15, 0.2) is 30.5 Å². The van der Waals surface area contributed by atoms with Crippen LogP contribution in [-0.4, -0.2) is 42.0 Å². The van der Waals surface area contributed by atoms with Crippen LogP contribution in [0.3, 0.4) is 0 Å². The third kappa shape index (κ3) is 4.41. The van der Waals surface area contributed by atoms with Gasteiger partial charge in [0.05, 0.1) is 5.56 Å². The molecule has 5 nitrogen and oxygen atoms in total. The molecule has 3 rings (SSSR count). The van der Waals surface area contributed by atoms with Crippen LogP contribution in [0.4, 0.5) is 10.1 Å². The number of piperazine rings is 1. The summed E-state index contributed by atoms with van der Waals surface area (Å²) in [6, 6.07) is 6.42. The van der Waals surface area contributed by atoms with Gasteiger partial charge in [-0.1, -0.05) is 0 Å². The molecule has 132 valence electrons. The normalized spacial score (nSPS) is 15.2. The van der Waals surface area contributed by atoms with Crippen molar-refractivity contribution >= 4 is 11.6 Å². The van der Waals surface area contributed by atoms with Gasteiger partial charge in [0.1, 0.15) is 5.82 Å². The van der Waals surface area contributed by atoms with E-state index >= 15 is 0 Å². The average molecular weight is 342 g/mol. The SMILES string of the molecule is Cc1ccc(C(=O)Nc2cc(F)cc(CN3CCNCC3)c2C)cn1. The van der Waals surface area contributed by atoms with E-state index in [9.17, 15) is 9.18 Å². The Labute approximate surface area is 147 Å². The second-order valence-corrected chi connectivity index (χ2v) is 6.41. The highest BCUT2D eigenvalue weighted by molar-refractivity contribution is 6.04. The average Bonchev–Trinajstić information content (AvgIpc) is 2.60. The number of nitrogens with one attached hydrogen (secondary N) is 2. The Hall–Kier alpha value is -2.31. The lowest BCUT2D eigenvalue weighted by Crippen LogP contribution is -2.43. The number of amides is 1. The maximum absolute atomic E-state index is 14.1. The van der Waals surface area contributed by atoms with Gasteiger partial charge in [0.2, 0.25) is 0 Å². The molecule has 2 heterocycles. The predicted molar refractivity (Wildman–Crippen MR) is 96.2 cm³/mol.